The van der Waals surface area contributed by atoms with Crippen LogP contribution in [0.5, 0.6) is 0 Å². The number of hydrogen-bond acceptors (Lipinski definition) is 4. The van der Waals surface area contributed by atoms with Crippen molar-refractivity contribution in [1.82, 2.24) is 9.80 Å². The van der Waals surface area contributed by atoms with Crippen LogP contribution in [0.3, 0.4) is 0 Å². The predicted octanol–water partition coefficient (Wildman–Crippen LogP) is 3.90. The van der Waals surface area contributed by atoms with Crippen molar-refractivity contribution in [2.75, 3.05) is 26.7 Å². The molecule has 1 aliphatic heterocycles. The molecule has 0 aromatic heterocycles. The second kappa shape index (κ2) is 8.92. The van der Waals surface area contributed by atoms with Gasteiger partial charge in [0.05, 0.1) is 0 Å². The van der Waals surface area contributed by atoms with Crippen molar-refractivity contribution < 1.29 is 19.1 Å². The summed E-state index contributed by atoms with van der Waals surface area (Å²) in [4.78, 5) is 27.5. The van der Waals surface area contributed by atoms with Gasteiger partial charge in [0.15, 0.2) is 0 Å². The van der Waals surface area contributed by atoms with Gasteiger partial charge in [-0.25, -0.2) is 9.59 Å². The number of likely N-dealkylation sites (tertiary alicyclic amines) is 1. The Bertz CT molecular complexity index is 598. The van der Waals surface area contributed by atoms with Crippen molar-refractivity contribution in [2.24, 2.45) is 5.92 Å². The highest BCUT2D eigenvalue weighted by atomic mass is 16.6. The van der Waals surface area contributed by atoms with E-state index in [1.807, 2.05) is 51.1 Å². The van der Waals surface area contributed by atoms with Crippen LogP contribution in [0.1, 0.15) is 39.2 Å². The molecule has 1 aromatic carbocycles. The Hall–Kier alpha value is -2.24. The smallest absolute Gasteiger partial charge is 0.410 e. The second-order valence-corrected chi connectivity index (χ2v) is 7.83. The molecule has 0 saturated carbocycles. The van der Waals surface area contributed by atoms with Crippen molar-refractivity contribution in [3.63, 3.8) is 0 Å². The summed E-state index contributed by atoms with van der Waals surface area (Å²) in [5.74, 6) is 0.381. The van der Waals surface area contributed by atoms with Crippen molar-refractivity contribution in [1.29, 1.82) is 0 Å². The maximum absolute atomic E-state index is 12.1. The van der Waals surface area contributed by atoms with Gasteiger partial charge in [-0.2, -0.15) is 0 Å². The van der Waals surface area contributed by atoms with Gasteiger partial charge in [0.25, 0.3) is 0 Å². The summed E-state index contributed by atoms with van der Waals surface area (Å²) in [5.41, 5.74) is 0.496. The van der Waals surface area contributed by atoms with Gasteiger partial charge in [-0.3, -0.25) is 0 Å². The number of nitrogens with zero attached hydrogens (tertiary/aromatic N) is 2. The van der Waals surface area contributed by atoms with Crippen LogP contribution in [0.2, 0.25) is 0 Å². The van der Waals surface area contributed by atoms with E-state index in [2.05, 4.69) is 0 Å². The molecule has 0 unspecified atom stereocenters. The Kier molecular flexibility index (Phi) is 6.89. The molecule has 1 saturated heterocycles. The number of amides is 2. The van der Waals surface area contributed by atoms with Crippen LogP contribution in [0.4, 0.5) is 9.59 Å². The molecule has 0 aliphatic carbocycles. The lowest BCUT2D eigenvalue weighted by atomic mass is 10.1. The van der Waals surface area contributed by atoms with Crippen LogP contribution >= 0.6 is 0 Å². The normalized spacial score (nSPS) is 17.1. The van der Waals surface area contributed by atoms with Crippen LogP contribution in [0.25, 0.3) is 0 Å². The van der Waals surface area contributed by atoms with Gasteiger partial charge in [0.2, 0.25) is 0 Å². The molecule has 2 rings (SSSR count). The lowest BCUT2D eigenvalue weighted by Crippen LogP contribution is -2.35. The Morgan fingerprint density at radius 3 is 2.58 bits per heavy atom. The SMILES string of the molecule is CN(CC[C@H]1CCN(C(=O)OC(C)(C)C)C1)C(=O)OCc1ccccc1. The van der Waals surface area contributed by atoms with Gasteiger partial charge in [-0.05, 0) is 45.1 Å². The minimum absolute atomic E-state index is 0.254. The van der Waals surface area contributed by atoms with Gasteiger partial charge >= 0.3 is 12.2 Å². The van der Waals surface area contributed by atoms with Gasteiger partial charge in [-0.15, -0.1) is 0 Å². The molecular weight excluding hydrogens is 332 g/mol. The second-order valence-electron chi connectivity index (χ2n) is 7.83. The maximum atomic E-state index is 12.1. The summed E-state index contributed by atoms with van der Waals surface area (Å²) in [5, 5.41) is 0. The Labute approximate surface area is 156 Å². The average molecular weight is 362 g/mol. The van der Waals surface area contributed by atoms with E-state index < -0.39 is 5.60 Å². The first-order valence-corrected chi connectivity index (χ1v) is 9.14. The van der Waals surface area contributed by atoms with Gasteiger partial charge < -0.3 is 19.3 Å². The Morgan fingerprint density at radius 1 is 1.23 bits per heavy atom. The highest BCUT2D eigenvalue weighted by molar-refractivity contribution is 5.68. The third-order valence-corrected chi connectivity index (χ3v) is 4.33. The summed E-state index contributed by atoms with van der Waals surface area (Å²) in [7, 11) is 1.74. The van der Waals surface area contributed by atoms with Crippen LogP contribution < -0.4 is 0 Å². The van der Waals surface area contributed by atoms with Crippen LogP contribution in [-0.2, 0) is 16.1 Å². The van der Waals surface area contributed by atoms with Crippen molar-refractivity contribution in [3.8, 4) is 0 Å². The van der Waals surface area contributed by atoms with Crippen LogP contribution in [-0.4, -0.2) is 54.3 Å². The standard InChI is InChI=1S/C20H30N2O4/c1-20(2,3)26-19(24)22-13-11-16(14-22)10-12-21(4)18(23)25-15-17-8-6-5-7-9-17/h5-9,16H,10-15H2,1-4H3/t16-/m0/s1. The zero-order valence-electron chi connectivity index (χ0n) is 16.2. The van der Waals surface area contributed by atoms with Crippen LogP contribution in [0.15, 0.2) is 30.3 Å². The molecule has 0 spiro atoms. The minimum atomic E-state index is -0.474. The molecule has 2 amide bonds. The molecule has 0 radical (unpaired) electrons. The highest BCUT2D eigenvalue weighted by Crippen LogP contribution is 2.22. The molecule has 26 heavy (non-hydrogen) atoms. The van der Waals surface area contributed by atoms with Gasteiger partial charge in [-0.1, -0.05) is 30.3 Å². The lowest BCUT2D eigenvalue weighted by molar-refractivity contribution is 0.0286. The molecule has 1 aliphatic rings. The van der Waals surface area contributed by atoms with Crippen molar-refractivity contribution >= 4 is 12.2 Å². The van der Waals surface area contributed by atoms with E-state index in [0.717, 1.165) is 18.4 Å². The molecule has 1 fully saturated rings. The third-order valence-electron chi connectivity index (χ3n) is 4.33. The van der Waals surface area contributed by atoms with E-state index in [4.69, 9.17) is 9.47 Å². The summed E-state index contributed by atoms with van der Waals surface area (Å²) in [6.45, 7) is 7.89. The number of benzene rings is 1. The molecule has 6 nitrogen and oxygen atoms in total. The largest absolute Gasteiger partial charge is 0.445 e. The van der Waals surface area contributed by atoms with Crippen LogP contribution in [0, 0.1) is 5.92 Å². The maximum Gasteiger partial charge on any atom is 0.410 e. The highest BCUT2D eigenvalue weighted by Gasteiger charge is 2.29. The first-order valence-electron chi connectivity index (χ1n) is 9.14. The first-order chi connectivity index (χ1) is 12.2. The van der Waals surface area contributed by atoms with E-state index in [0.29, 0.717) is 25.6 Å². The molecule has 6 heteroatoms. The number of carbonyl (C=O) groups excluding carboxylic acids is 2. The van der Waals surface area contributed by atoms with E-state index in [-0.39, 0.29) is 18.8 Å². The van der Waals surface area contributed by atoms with E-state index in [1.54, 1.807) is 16.8 Å². The summed E-state index contributed by atoms with van der Waals surface area (Å²) in [6, 6.07) is 9.63. The summed E-state index contributed by atoms with van der Waals surface area (Å²) in [6.07, 6.45) is 1.20. The monoisotopic (exact) mass is 362 g/mol. The fourth-order valence-electron chi connectivity index (χ4n) is 2.86. The first kappa shape index (κ1) is 20.1. The number of ether oxygens (including phenoxy) is 2. The van der Waals surface area contributed by atoms with Gasteiger partial charge in [0.1, 0.15) is 12.2 Å². The van der Waals surface area contributed by atoms with E-state index in [1.165, 1.54) is 0 Å². The molecule has 0 bridgehead atoms. The Morgan fingerprint density at radius 2 is 1.92 bits per heavy atom. The lowest BCUT2D eigenvalue weighted by Gasteiger charge is -2.24. The van der Waals surface area contributed by atoms with Crippen molar-refractivity contribution in [3.05, 3.63) is 35.9 Å². The molecular formula is C20H30N2O4. The molecule has 1 atom stereocenters. The molecule has 144 valence electrons. The van der Waals surface area contributed by atoms with Crippen molar-refractivity contribution in [2.45, 2.75) is 45.8 Å². The zero-order valence-corrected chi connectivity index (χ0v) is 16.2. The fourth-order valence-corrected chi connectivity index (χ4v) is 2.86. The molecule has 1 heterocycles. The average Bonchev–Trinajstić information content (AvgIpc) is 3.06. The predicted molar refractivity (Wildman–Crippen MR) is 99.8 cm³/mol. The van der Waals surface area contributed by atoms with Gasteiger partial charge in [0, 0.05) is 26.7 Å². The molecule has 0 N–H and O–H groups in total. The zero-order chi connectivity index (χ0) is 19.2. The summed E-state index contributed by atoms with van der Waals surface area (Å²) < 4.78 is 10.7. The van der Waals surface area contributed by atoms with E-state index in [9.17, 15) is 9.59 Å². The quantitative estimate of drug-likeness (QED) is 0.797. The number of hydrogen-bond donors (Lipinski definition) is 0. The fraction of sp³-hybridized carbons (Fsp3) is 0.600. The molecule has 1 aromatic rings. The number of rotatable bonds is 5. The third kappa shape index (κ3) is 6.58. The topological polar surface area (TPSA) is 59.1 Å². The number of carbonyl (C=O) groups is 2. The Balaban J connectivity index is 1.68. The van der Waals surface area contributed by atoms with E-state index >= 15 is 0 Å². The minimum Gasteiger partial charge on any atom is -0.445 e. The summed E-state index contributed by atoms with van der Waals surface area (Å²) >= 11 is 0.